The third kappa shape index (κ3) is 4.88. The Morgan fingerprint density at radius 1 is 1.88 bits per heavy atom. The topological polar surface area (TPSA) is 43.1 Å². The molecule has 0 aromatic rings. The molecule has 0 saturated carbocycles. The van der Waals surface area contributed by atoms with Crippen LogP contribution in [-0.4, -0.2) is 4.92 Å². The first-order valence-corrected chi connectivity index (χ1v) is 2.10. The summed E-state index contributed by atoms with van der Waals surface area (Å²) < 4.78 is 0. The standard InChI is InChI=1S/C5H7NO2/c1-5(2)3-4-6(7)8/h3-4H,1H2,2H3. The molecule has 0 aliphatic heterocycles. The Morgan fingerprint density at radius 3 is 2.50 bits per heavy atom. The van der Waals surface area contributed by atoms with E-state index in [1.54, 1.807) is 6.92 Å². The van der Waals surface area contributed by atoms with Crippen molar-refractivity contribution in [1.82, 2.24) is 0 Å². The summed E-state index contributed by atoms with van der Waals surface area (Å²) in [5, 5.41) is 9.58. The van der Waals surface area contributed by atoms with Crippen molar-refractivity contribution in [1.29, 1.82) is 0 Å². The number of allylic oxidation sites excluding steroid dienone is 2. The highest BCUT2D eigenvalue weighted by molar-refractivity contribution is 5.07. The van der Waals surface area contributed by atoms with Crippen LogP contribution in [0.3, 0.4) is 0 Å². The average molecular weight is 113 g/mol. The minimum Gasteiger partial charge on any atom is -0.259 e. The quantitative estimate of drug-likeness (QED) is 0.308. The number of hydrogen-bond donors (Lipinski definition) is 0. The first-order chi connectivity index (χ1) is 3.63. The van der Waals surface area contributed by atoms with Gasteiger partial charge in [0.15, 0.2) is 0 Å². The van der Waals surface area contributed by atoms with Gasteiger partial charge in [0.05, 0.1) is 4.92 Å². The first kappa shape index (κ1) is 6.88. The van der Waals surface area contributed by atoms with Gasteiger partial charge in [0.1, 0.15) is 0 Å². The van der Waals surface area contributed by atoms with Crippen LogP contribution in [0.1, 0.15) is 6.92 Å². The van der Waals surface area contributed by atoms with Crippen LogP contribution in [0.2, 0.25) is 0 Å². The van der Waals surface area contributed by atoms with Gasteiger partial charge in [-0.2, -0.15) is 0 Å². The molecule has 0 bridgehead atoms. The number of rotatable bonds is 2. The smallest absolute Gasteiger partial charge is 0.234 e. The largest absolute Gasteiger partial charge is 0.259 e. The lowest BCUT2D eigenvalue weighted by Crippen LogP contribution is -1.81. The second kappa shape index (κ2) is 2.96. The molecule has 0 aliphatic rings. The van der Waals surface area contributed by atoms with Gasteiger partial charge in [0.25, 0.3) is 0 Å². The van der Waals surface area contributed by atoms with Crippen LogP contribution in [0.25, 0.3) is 0 Å². The van der Waals surface area contributed by atoms with Gasteiger partial charge in [0, 0.05) is 6.08 Å². The summed E-state index contributed by atoms with van der Waals surface area (Å²) in [7, 11) is 0. The normalized spacial score (nSPS) is 9.62. The predicted octanol–water partition coefficient (Wildman–Crippen LogP) is 1.35. The number of hydrogen-bond acceptors (Lipinski definition) is 2. The van der Waals surface area contributed by atoms with Crippen LogP contribution >= 0.6 is 0 Å². The Hall–Kier alpha value is -1.12. The van der Waals surface area contributed by atoms with E-state index in [1.807, 2.05) is 0 Å². The van der Waals surface area contributed by atoms with Gasteiger partial charge in [-0.25, -0.2) is 0 Å². The summed E-state index contributed by atoms with van der Waals surface area (Å²) in [5.74, 6) is 0. The second-order valence-electron chi connectivity index (χ2n) is 1.45. The molecule has 44 valence electrons. The van der Waals surface area contributed by atoms with Gasteiger partial charge >= 0.3 is 0 Å². The fraction of sp³-hybridized carbons (Fsp3) is 0.200. The van der Waals surface area contributed by atoms with Crippen LogP contribution in [0, 0.1) is 10.1 Å². The van der Waals surface area contributed by atoms with E-state index in [2.05, 4.69) is 6.58 Å². The van der Waals surface area contributed by atoms with Gasteiger partial charge in [-0.15, -0.1) is 0 Å². The van der Waals surface area contributed by atoms with Crippen molar-refractivity contribution < 1.29 is 4.92 Å². The van der Waals surface area contributed by atoms with Crippen LogP contribution < -0.4 is 0 Å². The van der Waals surface area contributed by atoms with E-state index in [0.717, 1.165) is 6.20 Å². The zero-order valence-corrected chi connectivity index (χ0v) is 4.63. The van der Waals surface area contributed by atoms with E-state index in [9.17, 15) is 10.1 Å². The molecule has 0 aliphatic carbocycles. The molecular formula is C5H7NO2. The van der Waals surface area contributed by atoms with Gasteiger partial charge in [-0.1, -0.05) is 12.2 Å². The predicted molar refractivity (Wildman–Crippen MR) is 30.9 cm³/mol. The van der Waals surface area contributed by atoms with Crippen molar-refractivity contribution in [3.05, 3.63) is 34.5 Å². The third-order valence-electron chi connectivity index (χ3n) is 0.481. The SMILES string of the molecule is C=C(C)C=C[N+](=O)[O-]. The van der Waals surface area contributed by atoms with Crippen molar-refractivity contribution in [2.45, 2.75) is 6.92 Å². The molecule has 0 saturated heterocycles. The van der Waals surface area contributed by atoms with E-state index < -0.39 is 4.92 Å². The monoisotopic (exact) mass is 113 g/mol. The minimum atomic E-state index is -0.519. The van der Waals surface area contributed by atoms with Crippen molar-refractivity contribution in [2.24, 2.45) is 0 Å². The Morgan fingerprint density at radius 2 is 2.38 bits per heavy atom. The highest BCUT2D eigenvalue weighted by Gasteiger charge is 1.81. The third-order valence-corrected chi connectivity index (χ3v) is 0.481. The molecule has 0 aromatic heterocycles. The number of nitrogens with zero attached hydrogens (tertiary/aromatic N) is 1. The summed E-state index contributed by atoms with van der Waals surface area (Å²) in [6, 6.07) is 0. The molecule has 0 atom stereocenters. The van der Waals surface area contributed by atoms with Gasteiger partial charge in [0.2, 0.25) is 6.20 Å². The molecule has 0 aromatic carbocycles. The van der Waals surface area contributed by atoms with Gasteiger partial charge in [-0.05, 0) is 6.92 Å². The van der Waals surface area contributed by atoms with Crippen LogP contribution in [0.15, 0.2) is 24.4 Å². The Labute approximate surface area is 47.5 Å². The van der Waals surface area contributed by atoms with Crippen LogP contribution in [-0.2, 0) is 0 Å². The van der Waals surface area contributed by atoms with Gasteiger partial charge in [-0.3, -0.25) is 10.1 Å². The zero-order chi connectivity index (χ0) is 6.57. The molecule has 0 rings (SSSR count). The molecular weight excluding hydrogens is 106 g/mol. The van der Waals surface area contributed by atoms with E-state index in [0.29, 0.717) is 5.57 Å². The molecule has 0 fully saturated rings. The van der Waals surface area contributed by atoms with Crippen LogP contribution in [0.4, 0.5) is 0 Å². The maximum Gasteiger partial charge on any atom is 0.234 e. The van der Waals surface area contributed by atoms with E-state index in [1.165, 1.54) is 6.08 Å². The molecule has 3 nitrogen and oxygen atoms in total. The molecule has 0 heterocycles. The maximum absolute atomic E-state index is 9.58. The lowest BCUT2D eigenvalue weighted by Gasteiger charge is -1.77. The lowest BCUT2D eigenvalue weighted by molar-refractivity contribution is -0.402. The second-order valence-corrected chi connectivity index (χ2v) is 1.45. The fourth-order valence-corrected chi connectivity index (χ4v) is 0.188. The Kier molecular flexibility index (Phi) is 2.54. The first-order valence-electron chi connectivity index (χ1n) is 2.10. The molecule has 0 N–H and O–H groups in total. The van der Waals surface area contributed by atoms with Crippen molar-refractivity contribution >= 4 is 0 Å². The molecule has 0 amide bonds. The zero-order valence-electron chi connectivity index (χ0n) is 4.63. The summed E-state index contributed by atoms with van der Waals surface area (Å²) in [6.07, 6.45) is 2.21. The molecule has 8 heavy (non-hydrogen) atoms. The lowest BCUT2D eigenvalue weighted by atomic mass is 10.3. The van der Waals surface area contributed by atoms with E-state index in [4.69, 9.17) is 0 Å². The van der Waals surface area contributed by atoms with Crippen molar-refractivity contribution in [3.63, 3.8) is 0 Å². The molecule has 0 unspecified atom stereocenters. The van der Waals surface area contributed by atoms with Crippen LogP contribution in [0.5, 0.6) is 0 Å². The Bertz CT molecular complexity index is 121. The fourth-order valence-electron chi connectivity index (χ4n) is 0.188. The summed E-state index contributed by atoms with van der Waals surface area (Å²) in [4.78, 5) is 9.06. The summed E-state index contributed by atoms with van der Waals surface area (Å²) in [5.41, 5.74) is 0.682. The number of nitro groups is 1. The minimum absolute atomic E-state index is 0.519. The highest BCUT2D eigenvalue weighted by Crippen LogP contribution is 1.87. The van der Waals surface area contributed by atoms with Crippen molar-refractivity contribution in [2.75, 3.05) is 0 Å². The molecule has 0 radical (unpaired) electrons. The highest BCUT2D eigenvalue weighted by atomic mass is 16.6. The Balaban J connectivity index is 3.67. The van der Waals surface area contributed by atoms with E-state index in [-0.39, 0.29) is 0 Å². The summed E-state index contributed by atoms with van der Waals surface area (Å²) >= 11 is 0. The summed E-state index contributed by atoms with van der Waals surface area (Å²) in [6.45, 7) is 5.13. The molecule has 3 heteroatoms. The van der Waals surface area contributed by atoms with Gasteiger partial charge < -0.3 is 0 Å². The average Bonchev–Trinajstić information content (AvgIpc) is 1.61. The maximum atomic E-state index is 9.58. The van der Waals surface area contributed by atoms with E-state index >= 15 is 0 Å². The molecule has 0 spiro atoms. The van der Waals surface area contributed by atoms with Crippen molar-refractivity contribution in [3.8, 4) is 0 Å².